The molecule has 2 aromatic carbocycles. The Labute approximate surface area is 176 Å². The molecule has 2 N–H and O–H groups in total. The number of carbonyl (C=O) groups excluding carboxylic acids is 1. The number of para-hydroxylation sites is 2. The maximum atomic E-state index is 12.8. The number of ether oxygens (including phenoxy) is 3. The van der Waals surface area contributed by atoms with Crippen LogP contribution in [0.4, 0.5) is 0 Å². The van der Waals surface area contributed by atoms with Crippen LogP contribution < -0.4 is 19.4 Å². The number of primary sulfonamides is 1. The number of sulfonamides is 1. The molecular formula is C19H19N3O6S2. The van der Waals surface area contributed by atoms with E-state index in [1.165, 1.54) is 23.5 Å². The van der Waals surface area contributed by atoms with E-state index in [0.717, 1.165) is 5.52 Å². The summed E-state index contributed by atoms with van der Waals surface area (Å²) in [7, 11) is -2.27. The maximum absolute atomic E-state index is 12.8. The lowest BCUT2D eigenvalue weighted by Gasteiger charge is -2.23. The number of nitrogens with zero attached hydrogens (tertiary/aromatic N) is 2. The number of carbonyl (C=O) groups is 1. The van der Waals surface area contributed by atoms with E-state index in [0.29, 0.717) is 34.2 Å². The third-order valence-corrected chi connectivity index (χ3v) is 6.44. The van der Waals surface area contributed by atoms with Crippen molar-refractivity contribution in [2.24, 2.45) is 10.1 Å². The summed E-state index contributed by atoms with van der Waals surface area (Å²) in [5, 5.41) is 5.23. The number of amides is 1. The van der Waals surface area contributed by atoms with Crippen LogP contribution in [0, 0.1) is 0 Å². The minimum Gasteiger partial charge on any atom is -0.485 e. The lowest BCUT2D eigenvalue weighted by atomic mass is 10.2. The van der Waals surface area contributed by atoms with Gasteiger partial charge in [-0.05, 0) is 30.3 Å². The summed E-state index contributed by atoms with van der Waals surface area (Å²) in [5.74, 6) is 0.571. The first kappa shape index (κ1) is 20.5. The van der Waals surface area contributed by atoms with Gasteiger partial charge in [-0.15, -0.1) is 0 Å². The molecule has 1 aliphatic rings. The number of fused-ring (bicyclic) bond motifs is 2. The van der Waals surface area contributed by atoms with Crippen LogP contribution >= 0.6 is 11.3 Å². The van der Waals surface area contributed by atoms with Gasteiger partial charge in [0.05, 0.1) is 21.7 Å². The fraction of sp³-hybridized carbons (Fsp3) is 0.263. The third kappa shape index (κ3) is 4.10. The molecule has 9 nitrogen and oxygen atoms in total. The van der Waals surface area contributed by atoms with E-state index in [9.17, 15) is 13.2 Å². The predicted octanol–water partition coefficient (Wildman–Crippen LogP) is 1.26. The molecule has 0 spiro atoms. The van der Waals surface area contributed by atoms with Gasteiger partial charge in [-0.2, -0.15) is 4.99 Å². The Morgan fingerprint density at radius 2 is 2.07 bits per heavy atom. The van der Waals surface area contributed by atoms with Crippen molar-refractivity contribution >= 4 is 37.5 Å². The Balaban J connectivity index is 1.73. The number of thiazole rings is 1. The van der Waals surface area contributed by atoms with E-state index in [1.54, 1.807) is 35.9 Å². The smallest absolute Gasteiger partial charge is 0.292 e. The summed E-state index contributed by atoms with van der Waals surface area (Å²) in [6.07, 6.45) is -0.874. The van der Waals surface area contributed by atoms with Gasteiger partial charge in [-0.25, -0.2) is 13.6 Å². The molecule has 158 valence electrons. The molecule has 0 bridgehead atoms. The highest BCUT2D eigenvalue weighted by atomic mass is 32.2. The number of methoxy groups -OCH3 is 1. The highest BCUT2D eigenvalue weighted by molar-refractivity contribution is 7.89. The van der Waals surface area contributed by atoms with Crippen molar-refractivity contribution in [3.63, 3.8) is 0 Å². The molecule has 11 heteroatoms. The molecular weight excluding hydrogens is 430 g/mol. The van der Waals surface area contributed by atoms with Crippen LogP contribution in [0.15, 0.2) is 52.4 Å². The van der Waals surface area contributed by atoms with E-state index < -0.39 is 22.0 Å². The lowest BCUT2D eigenvalue weighted by Crippen LogP contribution is -2.37. The fourth-order valence-corrected chi connectivity index (χ4v) is 4.74. The van der Waals surface area contributed by atoms with Crippen molar-refractivity contribution in [2.45, 2.75) is 17.5 Å². The van der Waals surface area contributed by atoms with Gasteiger partial charge in [0.25, 0.3) is 5.91 Å². The molecule has 0 radical (unpaired) electrons. The van der Waals surface area contributed by atoms with Crippen LogP contribution in [0.1, 0.15) is 0 Å². The Morgan fingerprint density at radius 3 is 2.80 bits per heavy atom. The van der Waals surface area contributed by atoms with E-state index in [2.05, 4.69) is 4.99 Å². The number of hydrogen-bond acceptors (Lipinski definition) is 7. The van der Waals surface area contributed by atoms with Gasteiger partial charge in [-0.1, -0.05) is 23.5 Å². The van der Waals surface area contributed by atoms with E-state index in [4.69, 9.17) is 19.3 Å². The zero-order valence-electron chi connectivity index (χ0n) is 16.0. The van der Waals surface area contributed by atoms with E-state index in [-0.39, 0.29) is 11.5 Å². The van der Waals surface area contributed by atoms with Crippen molar-refractivity contribution in [1.82, 2.24) is 4.57 Å². The molecule has 0 saturated carbocycles. The topological polar surface area (TPSA) is 122 Å². The standard InChI is InChI=1S/C19H19N3O6S2/c1-26-9-8-22-13-7-6-12(30(20,24)25)10-17(13)29-19(22)21-18(23)16-11-27-14-4-2-3-5-15(14)28-16/h2-7,10,16H,8-9,11H2,1H3,(H2,20,24,25)/t16-/m1/s1. The zero-order valence-corrected chi connectivity index (χ0v) is 17.6. The van der Waals surface area contributed by atoms with Crippen LogP contribution in [0.5, 0.6) is 11.5 Å². The minimum atomic E-state index is -3.84. The molecule has 0 aliphatic carbocycles. The highest BCUT2D eigenvalue weighted by Crippen LogP contribution is 2.31. The Morgan fingerprint density at radius 1 is 1.30 bits per heavy atom. The average Bonchev–Trinajstić information content (AvgIpc) is 3.07. The van der Waals surface area contributed by atoms with E-state index >= 15 is 0 Å². The van der Waals surface area contributed by atoms with Crippen LogP contribution in [-0.4, -0.2) is 45.3 Å². The monoisotopic (exact) mass is 449 g/mol. The molecule has 1 amide bonds. The van der Waals surface area contributed by atoms with Crippen molar-refractivity contribution in [3.8, 4) is 11.5 Å². The van der Waals surface area contributed by atoms with Crippen LogP contribution in [0.2, 0.25) is 0 Å². The van der Waals surface area contributed by atoms with Crippen LogP contribution in [-0.2, 0) is 26.1 Å². The molecule has 1 aliphatic heterocycles. The second-order valence-electron chi connectivity index (χ2n) is 6.52. The normalized spacial score (nSPS) is 16.7. The molecule has 0 fully saturated rings. The maximum Gasteiger partial charge on any atom is 0.292 e. The van der Waals surface area contributed by atoms with E-state index in [1.807, 2.05) is 6.07 Å². The zero-order chi connectivity index (χ0) is 21.3. The third-order valence-electron chi connectivity index (χ3n) is 4.49. The number of aromatic nitrogens is 1. The van der Waals surface area contributed by atoms with Crippen LogP contribution in [0.25, 0.3) is 10.2 Å². The largest absolute Gasteiger partial charge is 0.485 e. The quantitative estimate of drug-likeness (QED) is 0.626. The summed E-state index contributed by atoms with van der Waals surface area (Å²) < 4.78 is 42.3. The van der Waals surface area contributed by atoms with Gasteiger partial charge in [0.2, 0.25) is 16.1 Å². The molecule has 0 unspecified atom stereocenters. The summed E-state index contributed by atoms with van der Waals surface area (Å²) in [4.78, 5) is 17.4. The number of rotatable bonds is 5. The molecule has 30 heavy (non-hydrogen) atoms. The van der Waals surface area contributed by atoms with Gasteiger partial charge in [0, 0.05) is 13.7 Å². The SMILES string of the molecule is COCCn1c(=NC(=O)[C@H]2COc3ccccc3O2)sc2cc(S(N)(=O)=O)ccc21. The lowest BCUT2D eigenvalue weighted by molar-refractivity contribution is -0.127. The average molecular weight is 450 g/mol. The Hall–Kier alpha value is -2.73. The van der Waals surface area contributed by atoms with Crippen molar-refractivity contribution in [2.75, 3.05) is 20.3 Å². The Kier molecular flexibility index (Phi) is 5.60. The number of benzene rings is 2. The summed E-state index contributed by atoms with van der Waals surface area (Å²) in [6.45, 7) is 0.876. The second kappa shape index (κ2) is 8.19. The highest BCUT2D eigenvalue weighted by Gasteiger charge is 2.27. The van der Waals surface area contributed by atoms with Crippen molar-refractivity contribution in [3.05, 3.63) is 47.3 Å². The number of nitrogens with two attached hydrogens (primary N) is 1. The summed E-state index contributed by atoms with van der Waals surface area (Å²) in [6, 6.07) is 11.6. The summed E-state index contributed by atoms with van der Waals surface area (Å²) in [5.41, 5.74) is 0.724. The van der Waals surface area contributed by atoms with Gasteiger partial charge in [0.1, 0.15) is 6.61 Å². The first-order valence-corrected chi connectivity index (χ1v) is 11.4. The first-order valence-electron chi connectivity index (χ1n) is 8.99. The van der Waals surface area contributed by atoms with Crippen molar-refractivity contribution in [1.29, 1.82) is 0 Å². The second-order valence-corrected chi connectivity index (χ2v) is 9.09. The molecule has 3 aromatic rings. The first-order chi connectivity index (χ1) is 14.4. The van der Waals surface area contributed by atoms with Crippen LogP contribution in [0.3, 0.4) is 0 Å². The predicted molar refractivity (Wildman–Crippen MR) is 110 cm³/mol. The molecule has 1 aromatic heterocycles. The van der Waals surface area contributed by atoms with Gasteiger partial charge in [-0.3, -0.25) is 4.79 Å². The summed E-state index contributed by atoms with van der Waals surface area (Å²) >= 11 is 1.19. The van der Waals surface area contributed by atoms with Crippen molar-refractivity contribution < 1.29 is 27.4 Å². The van der Waals surface area contributed by atoms with Gasteiger partial charge < -0.3 is 18.8 Å². The molecule has 1 atom stereocenters. The molecule has 4 rings (SSSR count). The molecule has 2 heterocycles. The fourth-order valence-electron chi connectivity index (χ4n) is 3.02. The minimum absolute atomic E-state index is 0.00589. The van der Waals surface area contributed by atoms with Gasteiger partial charge >= 0.3 is 0 Å². The molecule has 0 saturated heterocycles. The Bertz CT molecular complexity index is 1280. The van der Waals surface area contributed by atoms with Gasteiger partial charge in [0.15, 0.2) is 16.3 Å². The number of hydrogen-bond donors (Lipinski definition) is 1.